The Bertz CT molecular complexity index is 976. The molecule has 1 amide bonds. The Morgan fingerprint density at radius 1 is 1.22 bits per heavy atom. The summed E-state index contributed by atoms with van der Waals surface area (Å²) in [6.45, 7) is 2.09. The number of amides is 1. The van der Waals surface area contributed by atoms with Crippen LogP contribution in [0.3, 0.4) is 0 Å². The van der Waals surface area contributed by atoms with Gasteiger partial charge < -0.3 is 20.7 Å². The lowest BCUT2D eigenvalue weighted by molar-refractivity contribution is -0.143. The molecule has 0 radical (unpaired) electrons. The number of rotatable bonds is 7. The number of carbonyl (C=O) groups excluding carboxylic acids is 2. The Labute approximate surface area is 204 Å². The van der Waals surface area contributed by atoms with Gasteiger partial charge in [0, 0.05) is 31.7 Å². The first-order valence-electron chi connectivity index (χ1n) is 11.4. The Kier molecular flexibility index (Phi) is 8.32. The molecule has 2 aliphatic rings. The third-order valence-electron chi connectivity index (χ3n) is 6.64. The zero-order valence-electron chi connectivity index (χ0n) is 19.4. The molecule has 5 atom stereocenters. The Balaban J connectivity index is 1.70. The highest BCUT2D eigenvalue weighted by Gasteiger charge is 2.39. The summed E-state index contributed by atoms with van der Waals surface area (Å²) in [5, 5.41) is 12.2. The number of nitrogens with two attached hydrogens (primary N) is 1. The number of alkyl halides is 6. The van der Waals surface area contributed by atoms with Crippen LogP contribution >= 0.6 is 0 Å². The number of hydrogen-bond acceptors (Lipinski definition) is 6. The van der Waals surface area contributed by atoms with Crippen LogP contribution in [0.15, 0.2) is 18.2 Å². The molecule has 13 heteroatoms. The Morgan fingerprint density at radius 2 is 1.83 bits per heavy atom. The zero-order valence-corrected chi connectivity index (χ0v) is 19.4. The maximum absolute atomic E-state index is 13.2. The van der Waals surface area contributed by atoms with Gasteiger partial charge in [-0.25, -0.2) is 0 Å². The van der Waals surface area contributed by atoms with Gasteiger partial charge in [0.05, 0.1) is 29.3 Å². The van der Waals surface area contributed by atoms with Gasteiger partial charge >= 0.3 is 12.4 Å². The van der Waals surface area contributed by atoms with Gasteiger partial charge in [-0.1, -0.05) is 0 Å². The molecule has 0 bridgehead atoms. The molecule has 7 nitrogen and oxygen atoms in total. The van der Waals surface area contributed by atoms with E-state index in [2.05, 4.69) is 11.4 Å². The predicted octanol–water partition coefficient (Wildman–Crippen LogP) is 2.86. The highest BCUT2D eigenvalue weighted by molar-refractivity contribution is 5.83. The quantitative estimate of drug-likeness (QED) is 0.425. The van der Waals surface area contributed by atoms with Crippen molar-refractivity contribution in [3.05, 3.63) is 34.9 Å². The summed E-state index contributed by atoms with van der Waals surface area (Å²) in [4.78, 5) is 27.4. The first-order valence-corrected chi connectivity index (χ1v) is 11.4. The van der Waals surface area contributed by atoms with Crippen molar-refractivity contribution < 1.29 is 35.9 Å². The van der Waals surface area contributed by atoms with E-state index >= 15 is 0 Å². The van der Waals surface area contributed by atoms with Gasteiger partial charge in [0.15, 0.2) is 0 Å². The number of benzene rings is 1. The first kappa shape index (κ1) is 27.9. The average molecular weight is 519 g/mol. The fourth-order valence-electron chi connectivity index (χ4n) is 4.79. The standard InChI is InChI=1S/C23H27F6N5O2/c1-13(14-5-15(22(24,25)26)7-16(6-14)23(27,28)29)32-17-8-19(12-35)33(10-17)11-20(31)21(36)34-4-2-3-18(34)9-30/h5-7,12-13,17-20,32H,2-4,8,10-11,31H2,1H3. The van der Waals surface area contributed by atoms with E-state index in [1.54, 1.807) is 4.90 Å². The second-order valence-electron chi connectivity index (χ2n) is 9.24. The summed E-state index contributed by atoms with van der Waals surface area (Å²) in [5.41, 5.74) is 3.08. The summed E-state index contributed by atoms with van der Waals surface area (Å²) in [7, 11) is 0. The summed E-state index contributed by atoms with van der Waals surface area (Å²) in [6, 6.07) is -0.0177. The monoisotopic (exact) mass is 519 g/mol. The van der Waals surface area contributed by atoms with Crippen LogP contribution in [0, 0.1) is 11.3 Å². The number of nitrogens with one attached hydrogen (secondary N) is 1. The predicted molar refractivity (Wildman–Crippen MR) is 116 cm³/mol. The smallest absolute Gasteiger partial charge is 0.325 e. The molecular formula is C23H27F6N5O2. The molecule has 198 valence electrons. The van der Waals surface area contributed by atoms with Crippen molar-refractivity contribution in [2.24, 2.45) is 5.73 Å². The second kappa shape index (κ2) is 10.7. The van der Waals surface area contributed by atoms with E-state index in [-0.39, 0.29) is 31.1 Å². The van der Waals surface area contributed by atoms with Crippen molar-refractivity contribution in [1.82, 2.24) is 15.1 Å². The van der Waals surface area contributed by atoms with Gasteiger partial charge in [-0.2, -0.15) is 31.6 Å². The highest BCUT2D eigenvalue weighted by Crippen LogP contribution is 2.37. The molecule has 0 aromatic heterocycles. The number of nitriles is 1. The van der Waals surface area contributed by atoms with Crippen LogP contribution in [0.5, 0.6) is 0 Å². The van der Waals surface area contributed by atoms with Crippen molar-refractivity contribution in [2.45, 2.75) is 68.7 Å². The van der Waals surface area contributed by atoms with E-state index in [0.717, 1.165) is 0 Å². The molecule has 1 aromatic rings. The molecule has 2 saturated heterocycles. The molecule has 3 N–H and O–H groups in total. The minimum Gasteiger partial charge on any atom is -0.325 e. The number of likely N-dealkylation sites (tertiary alicyclic amines) is 2. The molecule has 2 heterocycles. The molecular weight excluding hydrogens is 492 g/mol. The third-order valence-corrected chi connectivity index (χ3v) is 6.64. The minimum absolute atomic E-state index is 0.0191. The van der Waals surface area contributed by atoms with Crippen LogP contribution in [-0.2, 0) is 21.9 Å². The Hall–Kier alpha value is -2.69. The summed E-state index contributed by atoms with van der Waals surface area (Å²) >= 11 is 0. The SMILES string of the molecule is CC(NC1CC(C=O)N(CC(N)C(=O)N2CCCC2C#N)C1)c1cc(C(F)(F)F)cc(C(F)(F)F)c1. The molecule has 3 rings (SSSR count). The van der Waals surface area contributed by atoms with Crippen LogP contribution in [0.2, 0.25) is 0 Å². The van der Waals surface area contributed by atoms with Crippen LogP contribution in [0.25, 0.3) is 0 Å². The van der Waals surface area contributed by atoms with Crippen LogP contribution in [0.4, 0.5) is 26.3 Å². The van der Waals surface area contributed by atoms with Gasteiger partial charge in [-0.3, -0.25) is 9.69 Å². The Morgan fingerprint density at radius 3 is 2.36 bits per heavy atom. The van der Waals surface area contributed by atoms with E-state index in [0.29, 0.717) is 37.8 Å². The number of nitrogens with zero attached hydrogens (tertiary/aromatic N) is 3. The molecule has 0 saturated carbocycles. The van der Waals surface area contributed by atoms with Gasteiger partial charge in [0.25, 0.3) is 0 Å². The average Bonchev–Trinajstić information content (AvgIpc) is 3.43. The topological polar surface area (TPSA) is 102 Å². The van der Waals surface area contributed by atoms with Crippen molar-refractivity contribution in [1.29, 1.82) is 5.26 Å². The lowest BCUT2D eigenvalue weighted by Gasteiger charge is -2.28. The molecule has 2 fully saturated rings. The fourth-order valence-corrected chi connectivity index (χ4v) is 4.79. The van der Waals surface area contributed by atoms with Gasteiger partial charge in [-0.05, 0) is 49.9 Å². The third kappa shape index (κ3) is 6.35. The number of hydrogen-bond donors (Lipinski definition) is 2. The zero-order chi connectivity index (χ0) is 26.8. The molecule has 0 spiro atoms. The number of aldehydes is 1. The lowest BCUT2D eigenvalue weighted by Crippen LogP contribution is -2.52. The van der Waals surface area contributed by atoms with E-state index in [1.165, 1.54) is 11.8 Å². The van der Waals surface area contributed by atoms with Crippen LogP contribution in [-0.4, -0.2) is 65.8 Å². The van der Waals surface area contributed by atoms with Gasteiger partial charge in [-0.15, -0.1) is 0 Å². The second-order valence-corrected chi connectivity index (χ2v) is 9.24. The largest absolute Gasteiger partial charge is 0.416 e. The van der Waals surface area contributed by atoms with Crippen molar-refractivity contribution in [3.8, 4) is 6.07 Å². The minimum atomic E-state index is -4.95. The fraction of sp³-hybridized carbons (Fsp3) is 0.609. The van der Waals surface area contributed by atoms with Crippen LogP contribution < -0.4 is 11.1 Å². The maximum atomic E-state index is 13.2. The number of carbonyl (C=O) groups is 2. The van der Waals surface area contributed by atoms with Crippen LogP contribution in [0.1, 0.15) is 48.9 Å². The maximum Gasteiger partial charge on any atom is 0.416 e. The van der Waals surface area contributed by atoms with Gasteiger partial charge in [0.1, 0.15) is 12.3 Å². The van der Waals surface area contributed by atoms with Crippen molar-refractivity contribution >= 4 is 12.2 Å². The summed E-state index contributed by atoms with van der Waals surface area (Å²) < 4.78 is 79.2. The molecule has 1 aromatic carbocycles. The van der Waals surface area contributed by atoms with Gasteiger partial charge in [0.2, 0.25) is 5.91 Å². The van der Waals surface area contributed by atoms with E-state index < -0.39 is 59.6 Å². The lowest BCUT2D eigenvalue weighted by atomic mass is 9.99. The molecule has 36 heavy (non-hydrogen) atoms. The van der Waals surface area contributed by atoms with E-state index in [9.17, 15) is 41.2 Å². The first-order chi connectivity index (χ1) is 16.7. The molecule has 0 aliphatic carbocycles. The highest BCUT2D eigenvalue weighted by atomic mass is 19.4. The normalized spacial score (nSPS) is 25.0. The molecule has 2 aliphatic heterocycles. The van der Waals surface area contributed by atoms with Crippen molar-refractivity contribution in [2.75, 3.05) is 19.6 Å². The summed E-state index contributed by atoms with van der Waals surface area (Å²) in [6.07, 6.45) is -7.75. The number of halogens is 6. The molecule has 5 unspecified atom stereocenters. The van der Waals surface area contributed by atoms with Crippen molar-refractivity contribution in [3.63, 3.8) is 0 Å². The van der Waals surface area contributed by atoms with E-state index in [4.69, 9.17) is 5.73 Å². The summed E-state index contributed by atoms with van der Waals surface area (Å²) in [5.74, 6) is -0.405. The van der Waals surface area contributed by atoms with E-state index in [1.807, 2.05) is 0 Å².